The molecule has 0 aliphatic rings. The van der Waals surface area contributed by atoms with Gasteiger partial charge in [0.1, 0.15) is 26.4 Å². The van der Waals surface area contributed by atoms with Crippen LogP contribution in [0.15, 0.2) is 12.1 Å². The van der Waals surface area contributed by atoms with Gasteiger partial charge in [-0.3, -0.25) is 0 Å². The zero-order chi connectivity index (χ0) is 17.6. The molecule has 0 radical (unpaired) electrons. The zero-order valence-electron chi connectivity index (χ0n) is 12.7. The number of hydrogen-bond acceptors (Lipinski definition) is 6. The van der Waals surface area contributed by atoms with Crippen LogP contribution in [0.4, 0.5) is 5.69 Å². The van der Waals surface area contributed by atoms with Crippen LogP contribution in [0, 0.1) is 6.92 Å². The van der Waals surface area contributed by atoms with Gasteiger partial charge in [0.05, 0.1) is 33.8 Å². The number of benzene rings is 1. The second kappa shape index (κ2) is 6.33. The molecule has 0 aliphatic carbocycles. The number of hydrogen-bond donors (Lipinski definition) is 2. The second-order valence-corrected chi connectivity index (χ2v) is 7.21. The molecule has 0 unspecified atom stereocenters. The van der Waals surface area contributed by atoms with Gasteiger partial charge in [0.2, 0.25) is 0 Å². The predicted octanol–water partition coefficient (Wildman–Crippen LogP) is 4.20. The molecule has 24 heavy (non-hydrogen) atoms. The predicted molar refractivity (Wildman–Crippen MR) is 104 cm³/mol. The van der Waals surface area contributed by atoms with Gasteiger partial charge in [-0.1, -0.05) is 35.4 Å². The first-order valence-corrected chi connectivity index (χ1v) is 8.71. The Labute approximate surface area is 157 Å². The average molecular weight is 399 g/mol. The lowest BCUT2D eigenvalue weighted by atomic mass is 10.1. The summed E-state index contributed by atoms with van der Waals surface area (Å²) in [5.74, 6) is 1.05. The molecule has 3 aromatic rings. The molecule has 0 amide bonds. The quantitative estimate of drug-likeness (QED) is 0.642. The third-order valence-corrected chi connectivity index (χ3v) is 5.66. The van der Waals surface area contributed by atoms with Crippen LogP contribution < -0.4 is 16.2 Å². The third-order valence-electron chi connectivity index (χ3n) is 3.41. The Bertz CT molecular complexity index is 987. The molecule has 0 bridgehead atoms. The number of nitrogen functional groups attached to an aromatic ring is 1. The highest BCUT2D eigenvalue weighted by molar-refractivity contribution is 7.81. The van der Waals surface area contributed by atoms with Gasteiger partial charge in [-0.25, -0.2) is 9.97 Å². The van der Waals surface area contributed by atoms with Crippen molar-refractivity contribution in [2.75, 3.05) is 12.8 Å². The summed E-state index contributed by atoms with van der Waals surface area (Å²) in [6.07, 6.45) is 0. The van der Waals surface area contributed by atoms with E-state index in [0.29, 0.717) is 48.1 Å². The standard InChI is InChI=1S/C15H12Cl2N4OS2/c1-5-20-12(6-3-7(16)10(17)8(4-6)22-2)9-11(18)13(14(19)23)24-15(9)21-5/h3-4H,18H2,1-2H3,(H2,19,23). The van der Waals surface area contributed by atoms with Crippen LogP contribution in [0.1, 0.15) is 10.7 Å². The summed E-state index contributed by atoms with van der Waals surface area (Å²) in [5.41, 5.74) is 13.8. The molecule has 0 atom stereocenters. The van der Waals surface area contributed by atoms with Gasteiger partial charge in [0.15, 0.2) is 0 Å². The highest BCUT2D eigenvalue weighted by Gasteiger charge is 2.20. The minimum Gasteiger partial charge on any atom is -0.495 e. The summed E-state index contributed by atoms with van der Waals surface area (Å²) in [5, 5.41) is 1.39. The smallest absolute Gasteiger partial charge is 0.139 e. The van der Waals surface area contributed by atoms with Crippen molar-refractivity contribution in [1.82, 2.24) is 9.97 Å². The Kier molecular flexibility index (Phi) is 4.52. The van der Waals surface area contributed by atoms with Gasteiger partial charge in [-0.05, 0) is 19.1 Å². The molecule has 4 N–H and O–H groups in total. The third kappa shape index (κ3) is 2.77. The number of nitrogens with two attached hydrogens (primary N) is 2. The van der Waals surface area contributed by atoms with Gasteiger partial charge in [-0.15, -0.1) is 11.3 Å². The van der Waals surface area contributed by atoms with Gasteiger partial charge in [0.25, 0.3) is 0 Å². The van der Waals surface area contributed by atoms with Crippen molar-refractivity contribution in [2.24, 2.45) is 5.73 Å². The second-order valence-electron chi connectivity index (χ2n) is 4.98. The van der Waals surface area contributed by atoms with Crippen LogP contribution >= 0.6 is 46.8 Å². The highest BCUT2D eigenvalue weighted by atomic mass is 35.5. The van der Waals surface area contributed by atoms with Crippen LogP contribution in [0.2, 0.25) is 10.0 Å². The van der Waals surface area contributed by atoms with E-state index in [2.05, 4.69) is 9.97 Å². The molecular formula is C15H12Cl2N4OS2. The first-order valence-electron chi connectivity index (χ1n) is 6.73. The average Bonchev–Trinajstić information content (AvgIpc) is 2.86. The Morgan fingerprint density at radius 2 is 2.00 bits per heavy atom. The van der Waals surface area contributed by atoms with E-state index in [1.807, 2.05) is 0 Å². The Morgan fingerprint density at radius 1 is 1.29 bits per heavy atom. The summed E-state index contributed by atoms with van der Waals surface area (Å²) in [6.45, 7) is 1.80. The van der Waals surface area contributed by atoms with Gasteiger partial charge in [-0.2, -0.15) is 0 Å². The van der Waals surface area contributed by atoms with Crippen molar-refractivity contribution >= 4 is 67.6 Å². The van der Waals surface area contributed by atoms with Crippen LogP contribution in [-0.4, -0.2) is 22.1 Å². The molecule has 0 saturated carbocycles. The SMILES string of the molecule is COc1cc(-c2nc(C)nc3sc(C(N)=S)c(N)c23)cc(Cl)c1Cl. The van der Waals surface area contributed by atoms with E-state index in [1.165, 1.54) is 18.4 Å². The Balaban J connectivity index is 2.38. The summed E-state index contributed by atoms with van der Waals surface area (Å²) in [7, 11) is 1.52. The molecule has 1 aromatic carbocycles. The lowest BCUT2D eigenvalue weighted by Gasteiger charge is -2.10. The molecular weight excluding hydrogens is 387 g/mol. The summed E-state index contributed by atoms with van der Waals surface area (Å²) >= 11 is 18.7. The number of methoxy groups -OCH3 is 1. The van der Waals surface area contributed by atoms with Crippen molar-refractivity contribution < 1.29 is 4.74 Å². The van der Waals surface area contributed by atoms with Crippen molar-refractivity contribution in [3.05, 3.63) is 32.9 Å². The van der Waals surface area contributed by atoms with Crippen LogP contribution in [0.25, 0.3) is 21.5 Å². The first kappa shape index (κ1) is 17.2. The number of rotatable bonds is 3. The van der Waals surface area contributed by atoms with E-state index in [4.69, 9.17) is 51.6 Å². The van der Waals surface area contributed by atoms with E-state index < -0.39 is 0 Å². The van der Waals surface area contributed by atoms with Gasteiger partial charge >= 0.3 is 0 Å². The lowest BCUT2D eigenvalue weighted by Crippen LogP contribution is -2.09. The molecule has 9 heteroatoms. The van der Waals surface area contributed by atoms with Gasteiger partial charge < -0.3 is 16.2 Å². The van der Waals surface area contributed by atoms with Crippen LogP contribution in [0.5, 0.6) is 5.75 Å². The van der Waals surface area contributed by atoms with Crippen molar-refractivity contribution in [1.29, 1.82) is 0 Å². The monoisotopic (exact) mass is 398 g/mol. The normalized spacial score (nSPS) is 11.0. The number of halogens is 2. The number of fused-ring (bicyclic) bond motifs is 1. The van der Waals surface area contributed by atoms with Crippen LogP contribution in [-0.2, 0) is 0 Å². The Morgan fingerprint density at radius 3 is 2.62 bits per heavy atom. The number of thiocarbonyl (C=S) groups is 1. The minimum absolute atomic E-state index is 0.228. The number of thiophene rings is 1. The molecule has 5 nitrogen and oxygen atoms in total. The molecule has 0 fully saturated rings. The van der Waals surface area contributed by atoms with Crippen molar-refractivity contribution in [2.45, 2.75) is 6.92 Å². The first-order chi connectivity index (χ1) is 11.3. The largest absolute Gasteiger partial charge is 0.495 e. The van der Waals surface area contributed by atoms with Crippen molar-refractivity contribution in [3.8, 4) is 17.0 Å². The highest BCUT2D eigenvalue weighted by Crippen LogP contribution is 2.42. The van der Waals surface area contributed by atoms with E-state index >= 15 is 0 Å². The molecule has 3 rings (SSSR count). The van der Waals surface area contributed by atoms with E-state index in [9.17, 15) is 0 Å². The molecule has 2 aromatic heterocycles. The van der Waals surface area contributed by atoms with Crippen LogP contribution in [0.3, 0.4) is 0 Å². The molecule has 0 saturated heterocycles. The fourth-order valence-electron chi connectivity index (χ4n) is 2.37. The molecule has 0 aliphatic heterocycles. The molecule has 124 valence electrons. The lowest BCUT2D eigenvalue weighted by molar-refractivity contribution is 0.415. The number of anilines is 1. The number of aromatic nitrogens is 2. The van der Waals surface area contributed by atoms with E-state index in [-0.39, 0.29) is 4.99 Å². The maximum Gasteiger partial charge on any atom is 0.139 e. The molecule has 0 spiro atoms. The molecule has 2 heterocycles. The number of aryl methyl sites for hydroxylation is 1. The van der Waals surface area contributed by atoms with Gasteiger partial charge in [0, 0.05) is 5.56 Å². The fraction of sp³-hybridized carbons (Fsp3) is 0.133. The number of ether oxygens (including phenoxy) is 1. The van der Waals surface area contributed by atoms with Crippen molar-refractivity contribution in [3.63, 3.8) is 0 Å². The maximum absolute atomic E-state index is 6.24. The zero-order valence-corrected chi connectivity index (χ0v) is 15.8. The number of nitrogens with zero attached hydrogens (tertiary/aromatic N) is 2. The topological polar surface area (TPSA) is 87.0 Å². The van der Waals surface area contributed by atoms with E-state index in [1.54, 1.807) is 19.1 Å². The fourth-order valence-corrected chi connectivity index (χ4v) is 3.99. The summed E-state index contributed by atoms with van der Waals surface area (Å²) < 4.78 is 5.27. The summed E-state index contributed by atoms with van der Waals surface area (Å²) in [4.78, 5) is 10.5. The summed E-state index contributed by atoms with van der Waals surface area (Å²) in [6, 6.07) is 3.47. The minimum atomic E-state index is 0.228. The van der Waals surface area contributed by atoms with E-state index in [0.717, 1.165) is 5.56 Å². The maximum atomic E-state index is 6.24. The Hall–Kier alpha value is -1.67.